The van der Waals surface area contributed by atoms with Crippen molar-refractivity contribution in [1.29, 1.82) is 0 Å². The van der Waals surface area contributed by atoms with E-state index < -0.39 is 34.2 Å². The number of ether oxygens (including phenoxy) is 1. The lowest BCUT2D eigenvalue weighted by Gasteiger charge is -2.24. The maximum Gasteiger partial charge on any atom is 0.324 e. The van der Waals surface area contributed by atoms with Crippen molar-refractivity contribution in [3.8, 4) is 0 Å². The van der Waals surface area contributed by atoms with Gasteiger partial charge in [0.2, 0.25) is 0 Å². The van der Waals surface area contributed by atoms with Crippen LogP contribution < -0.4 is 4.72 Å². The first kappa shape index (κ1) is 16.9. The molecule has 20 heavy (non-hydrogen) atoms. The summed E-state index contributed by atoms with van der Waals surface area (Å²) in [7, 11) is -4.03. The van der Waals surface area contributed by atoms with Crippen LogP contribution in [0, 0.1) is 0 Å². The summed E-state index contributed by atoms with van der Waals surface area (Å²) in [5.41, 5.74) is 0. The monoisotopic (exact) mass is 308 g/mol. The molecule has 1 saturated heterocycles. The van der Waals surface area contributed by atoms with Gasteiger partial charge in [-0.2, -0.15) is 17.4 Å². The molecule has 2 unspecified atom stereocenters. The highest BCUT2D eigenvalue weighted by Crippen LogP contribution is 2.21. The topological polar surface area (TPSA) is 113 Å². The normalized spacial score (nSPS) is 21.6. The van der Waals surface area contributed by atoms with Crippen LogP contribution in [-0.4, -0.2) is 55.0 Å². The summed E-state index contributed by atoms with van der Waals surface area (Å²) in [5.74, 6) is -1.85. The summed E-state index contributed by atoms with van der Waals surface area (Å²) in [6, 6.07) is -2.08. The van der Waals surface area contributed by atoms with Crippen LogP contribution in [0.25, 0.3) is 0 Å². The van der Waals surface area contributed by atoms with Crippen molar-refractivity contribution in [3.63, 3.8) is 0 Å². The second-order valence-corrected chi connectivity index (χ2v) is 6.10. The molecule has 2 N–H and O–H groups in total. The number of carbonyl (C=O) groups is 2. The molecule has 116 valence electrons. The molecule has 2 atom stereocenters. The number of rotatable bonds is 7. The maximum atomic E-state index is 12.2. The number of aliphatic carboxylic acids is 1. The summed E-state index contributed by atoms with van der Waals surface area (Å²) in [4.78, 5) is 22.6. The highest BCUT2D eigenvalue weighted by molar-refractivity contribution is 7.87. The lowest BCUT2D eigenvalue weighted by Crippen LogP contribution is -2.51. The molecule has 0 aliphatic carbocycles. The first-order valence-corrected chi connectivity index (χ1v) is 7.96. The van der Waals surface area contributed by atoms with E-state index in [1.807, 2.05) is 0 Å². The minimum atomic E-state index is -4.03. The van der Waals surface area contributed by atoms with Gasteiger partial charge >= 0.3 is 11.9 Å². The Labute approximate surface area is 118 Å². The van der Waals surface area contributed by atoms with Gasteiger partial charge in [-0.1, -0.05) is 6.92 Å². The number of hydrogen-bond acceptors (Lipinski definition) is 5. The molecule has 1 heterocycles. The largest absolute Gasteiger partial charge is 0.480 e. The lowest BCUT2D eigenvalue weighted by molar-refractivity contribution is -0.146. The van der Waals surface area contributed by atoms with Crippen LogP contribution >= 0.6 is 0 Å². The van der Waals surface area contributed by atoms with Crippen molar-refractivity contribution in [2.75, 3.05) is 13.2 Å². The van der Waals surface area contributed by atoms with Crippen molar-refractivity contribution in [1.82, 2.24) is 9.03 Å². The van der Waals surface area contributed by atoms with Crippen molar-refractivity contribution >= 4 is 22.1 Å². The van der Waals surface area contributed by atoms with E-state index >= 15 is 0 Å². The number of carboxylic acid groups (broad SMARTS) is 1. The van der Waals surface area contributed by atoms with Gasteiger partial charge in [0, 0.05) is 6.54 Å². The third-order valence-electron chi connectivity index (χ3n) is 3.07. The third-order valence-corrected chi connectivity index (χ3v) is 4.71. The number of hydrogen-bond donors (Lipinski definition) is 2. The summed E-state index contributed by atoms with van der Waals surface area (Å²) >= 11 is 0. The van der Waals surface area contributed by atoms with Crippen LogP contribution in [0.3, 0.4) is 0 Å². The minimum Gasteiger partial charge on any atom is -0.480 e. The SMILES string of the molecule is CCOC(=O)C1CCCN1S(=O)(=O)NC(CC)C(=O)O. The Balaban J connectivity index is 2.85. The highest BCUT2D eigenvalue weighted by Gasteiger charge is 2.40. The smallest absolute Gasteiger partial charge is 0.324 e. The van der Waals surface area contributed by atoms with Crippen LogP contribution in [0.1, 0.15) is 33.1 Å². The molecule has 1 aliphatic rings. The van der Waals surface area contributed by atoms with Crippen LogP contribution in [0.15, 0.2) is 0 Å². The predicted molar refractivity (Wildman–Crippen MR) is 70.1 cm³/mol. The van der Waals surface area contributed by atoms with Gasteiger partial charge in [-0.25, -0.2) is 0 Å². The van der Waals surface area contributed by atoms with E-state index in [4.69, 9.17) is 9.84 Å². The average molecular weight is 308 g/mol. The van der Waals surface area contributed by atoms with Crippen LogP contribution in [-0.2, 0) is 24.5 Å². The summed E-state index contributed by atoms with van der Waals surface area (Å²) in [5, 5.41) is 8.90. The molecule has 0 aromatic heterocycles. The average Bonchev–Trinajstić information content (AvgIpc) is 2.86. The Morgan fingerprint density at radius 2 is 2.10 bits per heavy atom. The standard InChI is InChI=1S/C11H20N2O6S/c1-3-8(10(14)15)12-20(17,18)13-7-5-6-9(13)11(16)19-4-2/h8-9,12H,3-7H2,1-2H3,(H,14,15). The molecule has 0 saturated carbocycles. The second-order valence-electron chi connectivity index (χ2n) is 4.44. The molecule has 0 bridgehead atoms. The number of carbonyl (C=O) groups excluding carboxylic acids is 1. The molecule has 0 aromatic carbocycles. The van der Waals surface area contributed by atoms with Gasteiger partial charge in [0.15, 0.2) is 0 Å². The first-order chi connectivity index (χ1) is 9.33. The third kappa shape index (κ3) is 3.90. The van der Waals surface area contributed by atoms with Gasteiger partial charge < -0.3 is 9.84 Å². The van der Waals surface area contributed by atoms with Crippen molar-refractivity contribution in [2.45, 2.75) is 45.2 Å². The van der Waals surface area contributed by atoms with Crippen molar-refractivity contribution in [3.05, 3.63) is 0 Å². The van der Waals surface area contributed by atoms with Crippen molar-refractivity contribution < 1.29 is 27.9 Å². The lowest BCUT2D eigenvalue weighted by atomic mass is 10.2. The zero-order chi connectivity index (χ0) is 15.3. The molecule has 0 aromatic rings. The van der Waals surface area contributed by atoms with Crippen LogP contribution in [0.5, 0.6) is 0 Å². The molecule has 1 rings (SSSR count). The predicted octanol–water partition coefficient (Wildman–Crippen LogP) is -0.288. The Hall–Kier alpha value is -1.19. The fraction of sp³-hybridized carbons (Fsp3) is 0.818. The molecular formula is C11H20N2O6S. The van der Waals surface area contributed by atoms with Gasteiger partial charge in [0.25, 0.3) is 10.2 Å². The van der Waals surface area contributed by atoms with E-state index in [0.29, 0.717) is 12.8 Å². The van der Waals surface area contributed by atoms with E-state index in [-0.39, 0.29) is 19.6 Å². The molecule has 9 heteroatoms. The molecule has 1 fully saturated rings. The number of carboxylic acids is 1. The quantitative estimate of drug-likeness (QED) is 0.625. The molecular weight excluding hydrogens is 288 g/mol. The maximum absolute atomic E-state index is 12.2. The van der Waals surface area contributed by atoms with Crippen molar-refractivity contribution in [2.24, 2.45) is 0 Å². The van der Waals surface area contributed by atoms with Gasteiger partial charge in [-0.3, -0.25) is 9.59 Å². The zero-order valence-electron chi connectivity index (χ0n) is 11.5. The van der Waals surface area contributed by atoms with Crippen LogP contribution in [0.4, 0.5) is 0 Å². The molecule has 0 radical (unpaired) electrons. The van der Waals surface area contributed by atoms with E-state index in [9.17, 15) is 18.0 Å². The Morgan fingerprint density at radius 1 is 1.45 bits per heavy atom. The van der Waals surface area contributed by atoms with Gasteiger partial charge in [0.05, 0.1) is 6.61 Å². The molecule has 1 aliphatic heterocycles. The second kappa shape index (κ2) is 7.00. The Morgan fingerprint density at radius 3 is 2.60 bits per heavy atom. The minimum absolute atomic E-state index is 0.118. The molecule has 8 nitrogen and oxygen atoms in total. The Bertz CT molecular complexity index is 464. The number of esters is 1. The van der Waals surface area contributed by atoms with E-state index in [2.05, 4.69) is 4.72 Å². The van der Waals surface area contributed by atoms with Crippen LogP contribution in [0.2, 0.25) is 0 Å². The van der Waals surface area contributed by atoms with E-state index in [0.717, 1.165) is 4.31 Å². The Kier molecular flexibility index (Phi) is 5.90. The fourth-order valence-corrected chi connectivity index (χ4v) is 3.72. The summed E-state index contributed by atoms with van der Waals surface area (Å²) in [6.45, 7) is 3.55. The van der Waals surface area contributed by atoms with Gasteiger partial charge in [-0.05, 0) is 26.2 Å². The fourth-order valence-electron chi connectivity index (χ4n) is 2.06. The summed E-state index contributed by atoms with van der Waals surface area (Å²) < 4.78 is 32.3. The number of nitrogens with zero attached hydrogens (tertiary/aromatic N) is 1. The highest BCUT2D eigenvalue weighted by atomic mass is 32.2. The number of nitrogens with one attached hydrogen (secondary N) is 1. The summed E-state index contributed by atoms with van der Waals surface area (Å²) in [6.07, 6.45) is 1.03. The zero-order valence-corrected chi connectivity index (χ0v) is 12.4. The van der Waals surface area contributed by atoms with Gasteiger partial charge in [0.1, 0.15) is 12.1 Å². The van der Waals surface area contributed by atoms with E-state index in [1.165, 1.54) is 0 Å². The van der Waals surface area contributed by atoms with Gasteiger partial charge in [-0.15, -0.1) is 0 Å². The molecule has 0 amide bonds. The van der Waals surface area contributed by atoms with E-state index in [1.54, 1.807) is 13.8 Å². The first-order valence-electron chi connectivity index (χ1n) is 6.52. The molecule has 0 spiro atoms.